The molecule has 7 heteroatoms. The summed E-state index contributed by atoms with van der Waals surface area (Å²) in [5.74, 6) is 0.643. The maximum absolute atomic E-state index is 12.3. The Bertz CT molecular complexity index is 926. The molecule has 2 N–H and O–H groups in total. The first kappa shape index (κ1) is 19.4. The summed E-state index contributed by atoms with van der Waals surface area (Å²) in [6, 6.07) is 12.1. The maximum atomic E-state index is 12.3. The first-order valence-corrected chi connectivity index (χ1v) is 10.4. The van der Waals surface area contributed by atoms with Crippen LogP contribution in [-0.2, 0) is 14.8 Å². The predicted molar refractivity (Wildman–Crippen MR) is 103 cm³/mol. The fraction of sp³-hybridized carbons (Fsp3) is 0.350. The topological polar surface area (TPSA) is 84.5 Å². The van der Waals surface area contributed by atoms with Crippen LogP contribution in [0.5, 0.6) is 5.75 Å². The molecule has 1 unspecified atom stereocenters. The molecule has 0 aromatic heterocycles. The van der Waals surface area contributed by atoms with Gasteiger partial charge in [-0.1, -0.05) is 35.9 Å². The predicted octanol–water partition coefficient (Wildman–Crippen LogP) is 2.61. The molecule has 144 valence electrons. The van der Waals surface area contributed by atoms with E-state index in [1.54, 1.807) is 18.2 Å². The Morgan fingerprint density at radius 2 is 1.93 bits per heavy atom. The van der Waals surface area contributed by atoms with E-state index in [0.717, 1.165) is 22.4 Å². The molecular weight excluding hydrogens is 364 g/mol. The Kier molecular flexibility index (Phi) is 5.82. The number of hydrogen-bond acceptors (Lipinski definition) is 4. The van der Waals surface area contributed by atoms with Crippen molar-refractivity contribution in [2.45, 2.75) is 37.6 Å². The fourth-order valence-corrected chi connectivity index (χ4v) is 4.33. The van der Waals surface area contributed by atoms with Gasteiger partial charge < -0.3 is 10.1 Å². The van der Waals surface area contributed by atoms with Crippen molar-refractivity contribution in [1.29, 1.82) is 0 Å². The van der Waals surface area contributed by atoms with E-state index in [4.69, 9.17) is 4.74 Å². The van der Waals surface area contributed by atoms with E-state index in [-0.39, 0.29) is 29.8 Å². The molecule has 0 radical (unpaired) electrons. The number of fused-ring (bicyclic) bond motifs is 1. The molecule has 1 heterocycles. The van der Waals surface area contributed by atoms with Crippen LogP contribution in [0.15, 0.2) is 47.4 Å². The molecule has 0 spiro atoms. The minimum absolute atomic E-state index is 0.0476. The molecule has 1 amide bonds. The molecule has 3 rings (SSSR count). The van der Waals surface area contributed by atoms with Gasteiger partial charge in [-0.15, -0.1) is 0 Å². The number of aryl methyl sites for hydroxylation is 2. The maximum Gasteiger partial charge on any atom is 0.240 e. The molecule has 1 atom stereocenters. The number of carbonyl (C=O) groups excluding carboxylic acids is 1. The van der Waals surface area contributed by atoms with Crippen molar-refractivity contribution in [3.63, 3.8) is 0 Å². The van der Waals surface area contributed by atoms with E-state index < -0.39 is 10.0 Å². The Balaban J connectivity index is 1.58. The molecule has 2 aromatic carbocycles. The van der Waals surface area contributed by atoms with E-state index in [1.165, 1.54) is 12.1 Å². The Morgan fingerprint density at radius 1 is 1.19 bits per heavy atom. The van der Waals surface area contributed by atoms with Crippen LogP contribution in [-0.4, -0.2) is 27.5 Å². The highest BCUT2D eigenvalue weighted by Crippen LogP contribution is 2.35. The molecule has 27 heavy (non-hydrogen) atoms. The number of rotatable bonds is 6. The third-order valence-electron chi connectivity index (χ3n) is 4.51. The number of carbonyl (C=O) groups is 1. The van der Waals surface area contributed by atoms with E-state index >= 15 is 0 Å². The van der Waals surface area contributed by atoms with Gasteiger partial charge in [0, 0.05) is 24.9 Å². The van der Waals surface area contributed by atoms with Crippen LogP contribution in [0.2, 0.25) is 0 Å². The van der Waals surface area contributed by atoms with Crippen molar-refractivity contribution in [3.8, 4) is 5.75 Å². The summed E-state index contributed by atoms with van der Waals surface area (Å²) in [5, 5.41) is 3.00. The number of sulfonamides is 1. The number of benzene rings is 2. The molecule has 1 aliphatic heterocycles. The van der Waals surface area contributed by atoms with Gasteiger partial charge in [-0.2, -0.15) is 0 Å². The number of hydrogen-bond donors (Lipinski definition) is 2. The highest BCUT2D eigenvalue weighted by atomic mass is 32.2. The van der Waals surface area contributed by atoms with Crippen LogP contribution in [0.3, 0.4) is 0 Å². The van der Waals surface area contributed by atoms with Crippen LogP contribution < -0.4 is 14.8 Å². The molecule has 2 aromatic rings. The Morgan fingerprint density at radius 3 is 2.67 bits per heavy atom. The van der Waals surface area contributed by atoms with E-state index in [0.29, 0.717) is 13.0 Å². The van der Waals surface area contributed by atoms with Gasteiger partial charge in [0.05, 0.1) is 17.5 Å². The lowest BCUT2D eigenvalue weighted by Gasteiger charge is -2.28. The van der Waals surface area contributed by atoms with Crippen LogP contribution in [0.25, 0.3) is 0 Å². The van der Waals surface area contributed by atoms with Crippen molar-refractivity contribution in [1.82, 2.24) is 10.0 Å². The molecule has 0 saturated carbocycles. The summed E-state index contributed by atoms with van der Waals surface area (Å²) < 4.78 is 32.6. The largest absolute Gasteiger partial charge is 0.493 e. The van der Waals surface area contributed by atoms with Gasteiger partial charge >= 0.3 is 0 Å². The van der Waals surface area contributed by atoms with Gasteiger partial charge in [0.15, 0.2) is 0 Å². The smallest absolute Gasteiger partial charge is 0.240 e. The summed E-state index contributed by atoms with van der Waals surface area (Å²) in [6.45, 7) is 4.60. The average Bonchev–Trinajstić information content (AvgIpc) is 2.63. The second-order valence-electron chi connectivity index (χ2n) is 6.72. The van der Waals surface area contributed by atoms with Gasteiger partial charge in [0.1, 0.15) is 5.75 Å². The Hall–Kier alpha value is -2.38. The highest BCUT2D eigenvalue weighted by molar-refractivity contribution is 7.89. The summed E-state index contributed by atoms with van der Waals surface area (Å²) in [4.78, 5) is 12.5. The molecule has 0 fully saturated rings. The molecule has 0 saturated heterocycles. The zero-order valence-corrected chi connectivity index (χ0v) is 16.3. The number of amides is 1. The third kappa shape index (κ3) is 4.67. The van der Waals surface area contributed by atoms with Gasteiger partial charge in [-0.3, -0.25) is 4.79 Å². The van der Waals surface area contributed by atoms with Gasteiger partial charge in [0.2, 0.25) is 15.9 Å². The van der Waals surface area contributed by atoms with Crippen molar-refractivity contribution in [3.05, 3.63) is 59.2 Å². The van der Waals surface area contributed by atoms with Gasteiger partial charge in [0.25, 0.3) is 0 Å². The molecule has 0 bridgehead atoms. The molecule has 0 aliphatic carbocycles. The second kappa shape index (κ2) is 8.10. The van der Waals surface area contributed by atoms with Gasteiger partial charge in [-0.05, 0) is 31.5 Å². The average molecular weight is 388 g/mol. The van der Waals surface area contributed by atoms with Crippen molar-refractivity contribution in [2.24, 2.45) is 0 Å². The van der Waals surface area contributed by atoms with Crippen LogP contribution in [0.1, 0.15) is 35.6 Å². The van der Waals surface area contributed by atoms with Crippen molar-refractivity contribution < 1.29 is 17.9 Å². The lowest BCUT2D eigenvalue weighted by Crippen LogP contribution is -2.35. The summed E-state index contributed by atoms with van der Waals surface area (Å²) in [6.07, 6.45) is 0.765. The molecule has 1 aliphatic rings. The number of ether oxygens (including phenoxy) is 1. The SMILES string of the molecule is Cc1cc(C)c2c(c1)C(NC(=O)CCNS(=O)(=O)c1ccccc1)CCO2. The third-order valence-corrected chi connectivity index (χ3v) is 5.99. The lowest BCUT2D eigenvalue weighted by atomic mass is 9.95. The minimum Gasteiger partial charge on any atom is -0.493 e. The standard InChI is InChI=1S/C20H24N2O4S/c1-14-12-15(2)20-17(13-14)18(9-11-26-20)22-19(23)8-10-21-27(24,25)16-6-4-3-5-7-16/h3-7,12-13,18,21H,8-11H2,1-2H3,(H,22,23). The Labute approximate surface area is 160 Å². The molecule has 6 nitrogen and oxygen atoms in total. The van der Waals surface area contributed by atoms with Crippen molar-refractivity contribution >= 4 is 15.9 Å². The minimum atomic E-state index is -3.60. The van der Waals surface area contributed by atoms with E-state index in [9.17, 15) is 13.2 Å². The van der Waals surface area contributed by atoms with Gasteiger partial charge in [-0.25, -0.2) is 13.1 Å². The highest BCUT2D eigenvalue weighted by Gasteiger charge is 2.24. The first-order valence-electron chi connectivity index (χ1n) is 8.95. The summed E-state index contributed by atoms with van der Waals surface area (Å²) >= 11 is 0. The van der Waals surface area contributed by atoms with Crippen molar-refractivity contribution in [2.75, 3.05) is 13.2 Å². The quantitative estimate of drug-likeness (QED) is 0.797. The van der Waals surface area contributed by atoms with Crippen LogP contribution in [0.4, 0.5) is 0 Å². The summed E-state index contributed by atoms with van der Waals surface area (Å²) in [5.41, 5.74) is 3.16. The fourth-order valence-electron chi connectivity index (χ4n) is 3.28. The van der Waals surface area contributed by atoms with Crippen LogP contribution >= 0.6 is 0 Å². The zero-order chi connectivity index (χ0) is 19.4. The zero-order valence-electron chi connectivity index (χ0n) is 15.5. The summed E-state index contributed by atoms with van der Waals surface area (Å²) in [7, 11) is -3.60. The lowest BCUT2D eigenvalue weighted by molar-refractivity contribution is -0.121. The normalized spacial score (nSPS) is 16.3. The van der Waals surface area contributed by atoms with Crippen LogP contribution in [0, 0.1) is 13.8 Å². The number of nitrogens with one attached hydrogen (secondary N) is 2. The monoisotopic (exact) mass is 388 g/mol. The van der Waals surface area contributed by atoms with E-state index in [2.05, 4.69) is 16.1 Å². The second-order valence-corrected chi connectivity index (χ2v) is 8.49. The first-order chi connectivity index (χ1) is 12.9. The van der Waals surface area contributed by atoms with E-state index in [1.807, 2.05) is 19.9 Å². The molecular formula is C20H24N2O4S.